The minimum atomic E-state index is -1.15. The van der Waals surface area contributed by atoms with E-state index in [0.29, 0.717) is 16.1 Å². The van der Waals surface area contributed by atoms with Crippen LogP contribution >= 0.6 is 22.7 Å². The van der Waals surface area contributed by atoms with Crippen LogP contribution in [0.5, 0.6) is 5.75 Å². The van der Waals surface area contributed by atoms with Crippen molar-refractivity contribution in [2.24, 2.45) is 0 Å². The molecule has 1 N–H and O–H groups in total. The summed E-state index contributed by atoms with van der Waals surface area (Å²) in [6, 6.07) is 13.3. The molecular formula is C23H15FN2O4S2. The molecule has 1 atom stereocenters. The maximum atomic E-state index is 14.9. The number of hydrogen-bond donors (Lipinski definition) is 1. The molecule has 0 saturated heterocycles. The first-order valence-corrected chi connectivity index (χ1v) is 11.2. The van der Waals surface area contributed by atoms with Crippen molar-refractivity contribution < 1.29 is 23.8 Å². The Balaban J connectivity index is 1.69. The minimum Gasteiger partial charge on any atom is -0.503 e. The van der Waals surface area contributed by atoms with Crippen molar-refractivity contribution in [1.29, 1.82) is 0 Å². The number of carbonyl (C=O) groups is 2. The Hall–Kier alpha value is -3.56. The summed E-state index contributed by atoms with van der Waals surface area (Å²) in [6.07, 6.45) is 0. The van der Waals surface area contributed by atoms with Gasteiger partial charge in [0.05, 0.1) is 27.8 Å². The average molecular weight is 467 g/mol. The van der Waals surface area contributed by atoms with Gasteiger partial charge >= 0.3 is 0 Å². The van der Waals surface area contributed by atoms with Gasteiger partial charge in [0.2, 0.25) is 5.78 Å². The quantitative estimate of drug-likeness (QED) is 0.405. The van der Waals surface area contributed by atoms with Crippen LogP contribution < -0.4 is 9.64 Å². The van der Waals surface area contributed by atoms with Crippen LogP contribution in [0.2, 0.25) is 0 Å². The number of aliphatic hydroxyl groups is 1. The highest BCUT2D eigenvalue weighted by Crippen LogP contribution is 2.45. The Morgan fingerprint density at radius 2 is 2.00 bits per heavy atom. The van der Waals surface area contributed by atoms with Crippen LogP contribution in [0.1, 0.15) is 21.3 Å². The molecule has 2 aromatic heterocycles. The standard InChI is InChI=1S/C23H15FN2O4S2/c1-30-12-8-9-15-17(11-12)32-23(25-15)26-19(13-5-2-3-6-14(13)24)18(21(28)22(26)29)20(27)16-7-4-10-31-16/h2-11,19,28H,1H3/t19-/m1/s1. The maximum Gasteiger partial charge on any atom is 0.296 e. The molecule has 2 aromatic carbocycles. The van der Waals surface area contributed by atoms with Gasteiger partial charge in [-0.3, -0.25) is 14.5 Å². The summed E-state index contributed by atoms with van der Waals surface area (Å²) >= 11 is 2.37. The number of benzene rings is 2. The van der Waals surface area contributed by atoms with Crippen LogP contribution in [0.3, 0.4) is 0 Å². The summed E-state index contributed by atoms with van der Waals surface area (Å²) in [5.41, 5.74) is 0.546. The lowest BCUT2D eigenvalue weighted by Crippen LogP contribution is -2.31. The number of aromatic nitrogens is 1. The molecule has 4 aromatic rings. The fourth-order valence-electron chi connectivity index (χ4n) is 3.69. The normalized spacial score (nSPS) is 16.2. The average Bonchev–Trinajstić information content (AvgIpc) is 3.52. The molecule has 6 nitrogen and oxygen atoms in total. The number of thiazole rings is 1. The lowest BCUT2D eigenvalue weighted by Gasteiger charge is -2.24. The number of rotatable bonds is 5. The molecule has 1 amide bonds. The van der Waals surface area contributed by atoms with E-state index in [2.05, 4.69) is 4.98 Å². The zero-order valence-electron chi connectivity index (χ0n) is 16.6. The van der Waals surface area contributed by atoms with Gasteiger partial charge < -0.3 is 9.84 Å². The van der Waals surface area contributed by atoms with Crippen LogP contribution in [0, 0.1) is 5.82 Å². The van der Waals surface area contributed by atoms with Gasteiger partial charge in [-0.2, -0.15) is 0 Å². The number of amides is 1. The highest BCUT2D eigenvalue weighted by atomic mass is 32.1. The SMILES string of the molecule is COc1ccc2nc(N3C(=O)C(O)=C(C(=O)c4cccs4)[C@H]3c3ccccc3F)sc2c1. The molecule has 0 spiro atoms. The number of nitrogens with zero attached hydrogens (tertiary/aromatic N) is 2. The number of methoxy groups -OCH3 is 1. The fourth-order valence-corrected chi connectivity index (χ4v) is 5.39. The van der Waals surface area contributed by atoms with E-state index in [1.165, 1.54) is 45.8 Å². The largest absolute Gasteiger partial charge is 0.503 e. The summed E-state index contributed by atoms with van der Waals surface area (Å²) in [7, 11) is 1.55. The number of Topliss-reactive ketones (excluding diaryl/α,β-unsaturated/α-hetero) is 1. The third kappa shape index (κ3) is 3.17. The summed E-state index contributed by atoms with van der Waals surface area (Å²) in [5, 5.41) is 12.7. The van der Waals surface area contributed by atoms with Crippen LogP contribution in [0.25, 0.3) is 10.2 Å². The number of hydrogen-bond acceptors (Lipinski definition) is 7. The van der Waals surface area contributed by atoms with E-state index in [9.17, 15) is 19.1 Å². The highest BCUT2D eigenvalue weighted by molar-refractivity contribution is 7.22. The van der Waals surface area contributed by atoms with E-state index < -0.39 is 29.3 Å². The molecule has 9 heteroatoms. The molecule has 0 saturated carbocycles. The Labute approximate surface area is 189 Å². The van der Waals surface area contributed by atoms with Crippen molar-refractivity contribution >= 4 is 49.7 Å². The van der Waals surface area contributed by atoms with Gasteiger partial charge in [0.1, 0.15) is 17.6 Å². The molecule has 0 fully saturated rings. The Kier molecular flexibility index (Phi) is 4.99. The van der Waals surface area contributed by atoms with Crippen molar-refractivity contribution in [2.75, 3.05) is 12.0 Å². The molecule has 160 valence electrons. The zero-order valence-corrected chi connectivity index (χ0v) is 18.2. The van der Waals surface area contributed by atoms with Gasteiger partial charge in [-0.05, 0) is 35.7 Å². The van der Waals surface area contributed by atoms with Crippen molar-refractivity contribution in [1.82, 2.24) is 4.98 Å². The van der Waals surface area contributed by atoms with Crippen LogP contribution in [0.15, 0.2) is 71.3 Å². The molecule has 0 unspecified atom stereocenters. The number of carbonyl (C=O) groups excluding carboxylic acids is 2. The van der Waals surface area contributed by atoms with E-state index in [0.717, 1.165) is 4.70 Å². The van der Waals surface area contributed by atoms with Gasteiger partial charge in [0.25, 0.3) is 5.91 Å². The predicted octanol–water partition coefficient (Wildman–Crippen LogP) is 5.29. The highest BCUT2D eigenvalue weighted by Gasteiger charge is 2.47. The molecule has 0 aliphatic carbocycles. The van der Waals surface area contributed by atoms with Gasteiger partial charge in [-0.25, -0.2) is 9.37 Å². The van der Waals surface area contributed by atoms with E-state index in [1.54, 1.807) is 48.9 Å². The van der Waals surface area contributed by atoms with Crippen molar-refractivity contribution in [3.63, 3.8) is 0 Å². The number of thiophene rings is 1. The van der Waals surface area contributed by atoms with Gasteiger partial charge in [-0.1, -0.05) is 35.6 Å². The molecule has 32 heavy (non-hydrogen) atoms. The first kappa shape index (κ1) is 20.3. The number of aliphatic hydroxyl groups excluding tert-OH is 1. The number of fused-ring (bicyclic) bond motifs is 1. The van der Waals surface area contributed by atoms with Crippen LogP contribution in [-0.4, -0.2) is 28.9 Å². The van der Waals surface area contributed by atoms with Gasteiger partial charge in [0.15, 0.2) is 10.9 Å². The molecule has 5 rings (SSSR count). The maximum absolute atomic E-state index is 14.9. The Morgan fingerprint density at radius 3 is 2.72 bits per heavy atom. The van der Waals surface area contributed by atoms with Crippen molar-refractivity contribution in [3.05, 3.63) is 87.6 Å². The first-order valence-electron chi connectivity index (χ1n) is 9.53. The third-order valence-electron chi connectivity index (χ3n) is 5.19. The second-order valence-corrected chi connectivity index (χ2v) is 8.95. The lowest BCUT2D eigenvalue weighted by molar-refractivity contribution is -0.117. The van der Waals surface area contributed by atoms with Crippen molar-refractivity contribution in [2.45, 2.75) is 6.04 Å². The van der Waals surface area contributed by atoms with Crippen molar-refractivity contribution in [3.8, 4) is 5.75 Å². The number of ether oxygens (including phenoxy) is 1. The number of halogens is 1. The monoisotopic (exact) mass is 466 g/mol. The number of ketones is 1. The van der Waals surface area contributed by atoms with Crippen LogP contribution in [0.4, 0.5) is 9.52 Å². The smallest absolute Gasteiger partial charge is 0.296 e. The Bertz CT molecular complexity index is 1390. The topological polar surface area (TPSA) is 79.7 Å². The van der Waals surface area contributed by atoms with E-state index >= 15 is 0 Å². The molecule has 3 heterocycles. The van der Waals surface area contributed by atoms with E-state index in [1.807, 2.05) is 0 Å². The summed E-state index contributed by atoms with van der Waals surface area (Å²) in [6.45, 7) is 0. The molecule has 1 aliphatic heterocycles. The van der Waals surface area contributed by atoms with E-state index in [4.69, 9.17) is 4.74 Å². The van der Waals surface area contributed by atoms with Crippen LogP contribution in [-0.2, 0) is 4.79 Å². The first-order chi connectivity index (χ1) is 15.5. The number of anilines is 1. The fraction of sp³-hybridized carbons (Fsp3) is 0.0870. The molecule has 0 bridgehead atoms. The van der Waals surface area contributed by atoms with E-state index in [-0.39, 0.29) is 16.3 Å². The van der Waals surface area contributed by atoms with Gasteiger partial charge in [0, 0.05) is 5.56 Å². The second-order valence-electron chi connectivity index (χ2n) is 7.00. The minimum absolute atomic E-state index is 0.0987. The Morgan fingerprint density at radius 1 is 1.19 bits per heavy atom. The molecular weight excluding hydrogens is 451 g/mol. The summed E-state index contributed by atoms with van der Waals surface area (Å²) in [4.78, 5) is 32.5. The molecule has 1 aliphatic rings. The summed E-state index contributed by atoms with van der Waals surface area (Å²) < 4.78 is 20.9. The lowest BCUT2D eigenvalue weighted by atomic mass is 9.95. The van der Waals surface area contributed by atoms with Gasteiger partial charge in [-0.15, -0.1) is 11.3 Å². The third-order valence-corrected chi connectivity index (χ3v) is 7.07. The second kappa shape index (κ2) is 7.85. The molecule has 0 radical (unpaired) electrons. The zero-order chi connectivity index (χ0) is 22.4. The predicted molar refractivity (Wildman–Crippen MR) is 121 cm³/mol. The summed E-state index contributed by atoms with van der Waals surface area (Å²) in [5.74, 6) is -1.99.